The third-order valence-corrected chi connectivity index (χ3v) is 4.15. The molecule has 0 aromatic heterocycles. The lowest BCUT2D eigenvalue weighted by Gasteiger charge is -2.25. The number of carbonyl (C=O) groups excluding carboxylic acids is 1. The molecule has 2 aromatic carbocycles. The van der Waals surface area contributed by atoms with E-state index in [1.165, 1.54) is 24.3 Å². The Hall–Kier alpha value is -2.77. The number of hydrogen-bond acceptors (Lipinski definition) is 6. The van der Waals surface area contributed by atoms with Crippen molar-refractivity contribution >= 4 is 11.5 Å². The molecule has 138 valence electrons. The highest BCUT2D eigenvalue weighted by molar-refractivity contribution is 5.97. The van der Waals surface area contributed by atoms with Crippen molar-refractivity contribution in [3.05, 3.63) is 69.8 Å². The Bertz CT molecular complexity index is 742. The van der Waals surface area contributed by atoms with Crippen LogP contribution in [0.5, 0.6) is 5.75 Å². The van der Waals surface area contributed by atoms with Crippen LogP contribution in [-0.2, 0) is 0 Å². The van der Waals surface area contributed by atoms with Crippen LogP contribution in [0.15, 0.2) is 48.5 Å². The van der Waals surface area contributed by atoms with Gasteiger partial charge in [0.1, 0.15) is 5.75 Å². The summed E-state index contributed by atoms with van der Waals surface area (Å²) in [6.07, 6.45) is 0. The van der Waals surface area contributed by atoms with E-state index >= 15 is 0 Å². The lowest BCUT2D eigenvalue weighted by Crippen LogP contribution is -2.33. The maximum atomic E-state index is 12.2. The van der Waals surface area contributed by atoms with Gasteiger partial charge in [-0.2, -0.15) is 0 Å². The molecule has 0 saturated heterocycles. The maximum Gasteiger partial charge on any atom is 0.269 e. The van der Waals surface area contributed by atoms with Crippen molar-refractivity contribution in [2.75, 3.05) is 34.3 Å². The maximum absolute atomic E-state index is 12.2. The van der Waals surface area contributed by atoms with Crippen molar-refractivity contribution in [2.24, 2.45) is 0 Å². The lowest BCUT2D eigenvalue weighted by atomic mass is 10.1. The quantitative estimate of drug-likeness (QED) is 0.422. The number of ketones is 1. The molecule has 0 aliphatic heterocycles. The van der Waals surface area contributed by atoms with Crippen LogP contribution in [-0.4, -0.2) is 49.9 Å². The van der Waals surface area contributed by atoms with Crippen molar-refractivity contribution < 1.29 is 14.5 Å². The van der Waals surface area contributed by atoms with Crippen LogP contribution in [0.2, 0.25) is 0 Å². The number of likely N-dealkylation sites (N-methyl/N-ethyl adjacent to an activating group) is 1. The van der Waals surface area contributed by atoms with Crippen LogP contribution in [0.3, 0.4) is 0 Å². The van der Waals surface area contributed by atoms with Gasteiger partial charge >= 0.3 is 0 Å². The fourth-order valence-corrected chi connectivity index (χ4v) is 2.62. The summed E-state index contributed by atoms with van der Waals surface area (Å²) in [5.74, 6) is 0.694. The number of nitrogens with zero attached hydrogens (tertiary/aromatic N) is 2. The summed E-state index contributed by atoms with van der Waals surface area (Å²) in [5.41, 5.74) is 1.54. The second kappa shape index (κ2) is 9.07. The Morgan fingerprint density at radius 3 is 2.27 bits per heavy atom. The Labute approximate surface area is 152 Å². The number of methoxy groups -OCH3 is 1. The number of nitro groups is 1. The molecule has 2 rings (SSSR count). The average Bonchev–Trinajstić information content (AvgIpc) is 2.65. The zero-order valence-corrected chi connectivity index (χ0v) is 15.1. The van der Waals surface area contributed by atoms with Crippen LogP contribution >= 0.6 is 0 Å². The molecule has 0 spiro atoms. The number of nitrogens with one attached hydrogen (secondary N) is 1. The summed E-state index contributed by atoms with van der Waals surface area (Å²) in [4.78, 5) is 24.5. The highest BCUT2D eigenvalue weighted by atomic mass is 16.6. The van der Waals surface area contributed by atoms with Gasteiger partial charge in [0.25, 0.3) is 5.69 Å². The smallest absolute Gasteiger partial charge is 0.269 e. The number of rotatable bonds is 9. The third-order valence-electron chi connectivity index (χ3n) is 4.15. The van der Waals surface area contributed by atoms with Gasteiger partial charge in [-0.1, -0.05) is 12.1 Å². The van der Waals surface area contributed by atoms with Gasteiger partial charge in [0.2, 0.25) is 0 Å². The van der Waals surface area contributed by atoms with Crippen molar-refractivity contribution in [1.29, 1.82) is 0 Å². The van der Waals surface area contributed by atoms with E-state index in [-0.39, 0.29) is 24.1 Å². The van der Waals surface area contributed by atoms with E-state index in [0.717, 1.165) is 11.3 Å². The zero-order valence-electron chi connectivity index (χ0n) is 15.1. The Balaban J connectivity index is 1.94. The van der Waals surface area contributed by atoms with Gasteiger partial charge in [-0.25, -0.2) is 0 Å². The molecule has 0 aliphatic rings. The van der Waals surface area contributed by atoms with E-state index in [4.69, 9.17) is 4.74 Å². The van der Waals surface area contributed by atoms with Crippen molar-refractivity contribution in [1.82, 2.24) is 10.2 Å². The van der Waals surface area contributed by atoms with Gasteiger partial charge < -0.3 is 15.0 Å². The predicted molar refractivity (Wildman–Crippen MR) is 99.7 cm³/mol. The minimum atomic E-state index is -0.483. The Morgan fingerprint density at radius 1 is 1.15 bits per heavy atom. The second-order valence-corrected chi connectivity index (χ2v) is 6.11. The highest BCUT2D eigenvalue weighted by Gasteiger charge is 2.15. The minimum Gasteiger partial charge on any atom is -0.497 e. The first kappa shape index (κ1) is 19.6. The molecule has 7 heteroatoms. The van der Waals surface area contributed by atoms with E-state index in [1.807, 2.05) is 38.4 Å². The summed E-state index contributed by atoms with van der Waals surface area (Å²) in [6, 6.07) is 13.6. The van der Waals surface area contributed by atoms with Crippen molar-refractivity contribution in [3.8, 4) is 5.75 Å². The summed E-state index contributed by atoms with van der Waals surface area (Å²) in [6.45, 7) is 0.760. The molecule has 0 saturated carbocycles. The number of hydrogen-bond donors (Lipinski definition) is 1. The number of non-ortho nitro benzene ring substituents is 1. The molecule has 2 aromatic rings. The van der Waals surface area contributed by atoms with Gasteiger partial charge in [-0.3, -0.25) is 14.9 Å². The number of benzene rings is 2. The van der Waals surface area contributed by atoms with Crippen molar-refractivity contribution in [2.45, 2.75) is 6.04 Å². The summed E-state index contributed by atoms with van der Waals surface area (Å²) >= 11 is 0. The monoisotopic (exact) mass is 357 g/mol. The van der Waals surface area contributed by atoms with Gasteiger partial charge in [-0.15, -0.1) is 0 Å². The fourth-order valence-electron chi connectivity index (χ4n) is 2.62. The molecule has 0 heterocycles. The van der Waals surface area contributed by atoms with E-state index < -0.39 is 4.92 Å². The van der Waals surface area contributed by atoms with Gasteiger partial charge in [0.15, 0.2) is 5.78 Å². The predicted octanol–water partition coefficient (Wildman–Crippen LogP) is 2.68. The highest BCUT2D eigenvalue weighted by Crippen LogP contribution is 2.20. The second-order valence-electron chi connectivity index (χ2n) is 6.11. The summed E-state index contributed by atoms with van der Waals surface area (Å²) in [7, 11) is 5.59. The molecule has 0 bridgehead atoms. The molecule has 1 atom stereocenters. The van der Waals surface area contributed by atoms with E-state index in [9.17, 15) is 14.9 Å². The standard InChI is InChI=1S/C19H23N3O4/c1-21(2)18(14-6-10-17(26-3)11-7-14)12-20-13-19(23)15-4-8-16(9-5-15)22(24)25/h4-11,18,20H,12-13H2,1-3H3. The van der Waals surface area contributed by atoms with Gasteiger partial charge in [0.05, 0.1) is 18.6 Å². The topological polar surface area (TPSA) is 84.7 Å². The summed E-state index contributed by atoms with van der Waals surface area (Å²) in [5, 5.41) is 13.8. The third kappa shape index (κ3) is 5.11. The molecule has 0 aliphatic carbocycles. The molecule has 0 amide bonds. The summed E-state index contributed by atoms with van der Waals surface area (Å²) < 4.78 is 5.18. The van der Waals surface area contributed by atoms with Crippen LogP contribution in [0, 0.1) is 10.1 Å². The first-order valence-corrected chi connectivity index (χ1v) is 8.21. The first-order chi connectivity index (χ1) is 12.4. The Morgan fingerprint density at radius 2 is 1.77 bits per heavy atom. The van der Waals surface area contributed by atoms with E-state index in [1.54, 1.807) is 7.11 Å². The number of carbonyl (C=O) groups is 1. The van der Waals surface area contributed by atoms with Gasteiger partial charge in [0, 0.05) is 30.3 Å². The SMILES string of the molecule is COc1ccc(C(CNCC(=O)c2ccc([N+](=O)[O-])cc2)N(C)C)cc1. The average molecular weight is 357 g/mol. The van der Waals surface area contributed by atoms with Crippen LogP contribution < -0.4 is 10.1 Å². The fraction of sp³-hybridized carbons (Fsp3) is 0.316. The lowest BCUT2D eigenvalue weighted by molar-refractivity contribution is -0.384. The van der Waals surface area contributed by atoms with Gasteiger partial charge in [-0.05, 0) is 43.9 Å². The van der Waals surface area contributed by atoms with Crippen LogP contribution in [0.25, 0.3) is 0 Å². The molecule has 26 heavy (non-hydrogen) atoms. The van der Waals surface area contributed by atoms with E-state index in [0.29, 0.717) is 12.1 Å². The Kier molecular flexibility index (Phi) is 6.82. The number of Topliss-reactive ketones (excluding diaryl/α,β-unsaturated/α-hetero) is 1. The number of nitro benzene ring substituents is 1. The van der Waals surface area contributed by atoms with Crippen LogP contribution in [0.4, 0.5) is 5.69 Å². The van der Waals surface area contributed by atoms with E-state index in [2.05, 4.69) is 10.2 Å². The molecule has 1 N–H and O–H groups in total. The molecule has 0 fully saturated rings. The first-order valence-electron chi connectivity index (χ1n) is 8.21. The van der Waals surface area contributed by atoms with Crippen molar-refractivity contribution in [3.63, 3.8) is 0 Å². The molecule has 7 nitrogen and oxygen atoms in total. The normalized spacial score (nSPS) is 12.0. The molecular weight excluding hydrogens is 334 g/mol. The minimum absolute atomic E-state index is 0.0262. The zero-order chi connectivity index (χ0) is 19.1. The number of ether oxygens (including phenoxy) is 1. The molecular formula is C19H23N3O4. The molecule has 0 radical (unpaired) electrons. The molecule has 1 unspecified atom stereocenters. The van der Waals surface area contributed by atoms with Crippen LogP contribution in [0.1, 0.15) is 22.0 Å². The largest absolute Gasteiger partial charge is 0.497 e.